The first-order valence-corrected chi connectivity index (χ1v) is 5.17. The molecule has 0 aliphatic heterocycles. The molecule has 4 heteroatoms. The lowest BCUT2D eigenvalue weighted by molar-refractivity contribution is 0.386. The maximum Gasteiger partial charge on any atom is 0.165 e. The summed E-state index contributed by atoms with van der Waals surface area (Å²) in [5.74, 6) is 0.357. The number of alkyl halides is 1. The topological polar surface area (TPSA) is 22.4 Å². The van der Waals surface area contributed by atoms with Crippen molar-refractivity contribution in [2.45, 2.75) is 5.38 Å². The summed E-state index contributed by atoms with van der Waals surface area (Å²) < 4.78 is 23.4. The van der Waals surface area contributed by atoms with Gasteiger partial charge in [0.25, 0.3) is 0 Å². The van der Waals surface area contributed by atoms with Crippen LogP contribution in [0.2, 0.25) is 0 Å². The first kappa shape index (κ1) is 11.0. The standard InChI is InChI=1S/C12H10ClFO2/c1-15-10-5-4-8(7-9(10)14)12(13)11-3-2-6-16-11/h2-7,12H,1H3. The minimum absolute atomic E-state index is 0.201. The van der Waals surface area contributed by atoms with E-state index < -0.39 is 11.2 Å². The van der Waals surface area contributed by atoms with E-state index in [1.54, 1.807) is 24.3 Å². The van der Waals surface area contributed by atoms with Crippen LogP contribution in [0.3, 0.4) is 0 Å². The lowest BCUT2D eigenvalue weighted by Crippen LogP contribution is -1.94. The Hall–Kier alpha value is -1.48. The van der Waals surface area contributed by atoms with Gasteiger partial charge in [-0.3, -0.25) is 0 Å². The Morgan fingerprint density at radius 1 is 1.38 bits per heavy atom. The molecule has 0 N–H and O–H groups in total. The Balaban J connectivity index is 2.31. The van der Waals surface area contributed by atoms with E-state index in [9.17, 15) is 4.39 Å². The van der Waals surface area contributed by atoms with Crippen molar-refractivity contribution >= 4 is 11.6 Å². The van der Waals surface area contributed by atoms with Crippen molar-refractivity contribution in [2.75, 3.05) is 7.11 Å². The molecule has 1 heterocycles. The fourth-order valence-electron chi connectivity index (χ4n) is 1.44. The number of ether oxygens (including phenoxy) is 1. The fourth-order valence-corrected chi connectivity index (χ4v) is 1.70. The van der Waals surface area contributed by atoms with Crippen LogP contribution in [0.5, 0.6) is 5.75 Å². The van der Waals surface area contributed by atoms with Gasteiger partial charge in [-0.05, 0) is 29.8 Å². The highest BCUT2D eigenvalue weighted by Gasteiger charge is 2.15. The summed E-state index contributed by atoms with van der Waals surface area (Å²) >= 11 is 6.14. The second-order valence-electron chi connectivity index (χ2n) is 3.27. The van der Waals surface area contributed by atoms with E-state index in [-0.39, 0.29) is 5.75 Å². The van der Waals surface area contributed by atoms with Crippen molar-refractivity contribution in [3.8, 4) is 5.75 Å². The highest BCUT2D eigenvalue weighted by atomic mass is 35.5. The molecule has 0 bridgehead atoms. The van der Waals surface area contributed by atoms with Gasteiger partial charge in [0, 0.05) is 0 Å². The Labute approximate surface area is 97.6 Å². The van der Waals surface area contributed by atoms with Crippen molar-refractivity contribution in [1.29, 1.82) is 0 Å². The van der Waals surface area contributed by atoms with Crippen LogP contribution in [0.25, 0.3) is 0 Å². The molecule has 1 atom stereocenters. The molecule has 2 aromatic rings. The second-order valence-corrected chi connectivity index (χ2v) is 3.71. The third-order valence-corrected chi connectivity index (χ3v) is 2.73. The summed E-state index contributed by atoms with van der Waals surface area (Å²) in [5.41, 5.74) is 0.634. The van der Waals surface area contributed by atoms with Crippen molar-refractivity contribution in [1.82, 2.24) is 0 Å². The normalized spacial score (nSPS) is 12.4. The van der Waals surface area contributed by atoms with Gasteiger partial charge in [-0.2, -0.15) is 0 Å². The van der Waals surface area contributed by atoms with E-state index in [2.05, 4.69) is 0 Å². The average Bonchev–Trinajstić information content (AvgIpc) is 2.81. The molecule has 1 aromatic carbocycles. The Bertz CT molecular complexity index is 468. The molecule has 1 unspecified atom stereocenters. The van der Waals surface area contributed by atoms with Gasteiger partial charge < -0.3 is 9.15 Å². The van der Waals surface area contributed by atoms with Crippen molar-refractivity contribution in [2.24, 2.45) is 0 Å². The SMILES string of the molecule is COc1ccc(C(Cl)c2ccco2)cc1F. The molecule has 0 radical (unpaired) electrons. The lowest BCUT2D eigenvalue weighted by Gasteiger charge is -2.08. The molecule has 0 spiro atoms. The van der Waals surface area contributed by atoms with E-state index in [1.165, 1.54) is 19.4 Å². The summed E-state index contributed by atoms with van der Waals surface area (Å²) in [6, 6.07) is 8.09. The minimum Gasteiger partial charge on any atom is -0.494 e. The first-order chi connectivity index (χ1) is 7.72. The van der Waals surface area contributed by atoms with Gasteiger partial charge in [0.15, 0.2) is 11.6 Å². The Kier molecular flexibility index (Phi) is 3.15. The zero-order valence-electron chi connectivity index (χ0n) is 8.61. The van der Waals surface area contributed by atoms with E-state index in [4.69, 9.17) is 20.8 Å². The molecule has 0 aliphatic rings. The highest BCUT2D eigenvalue weighted by Crippen LogP contribution is 2.31. The van der Waals surface area contributed by atoms with E-state index in [0.717, 1.165) is 0 Å². The van der Waals surface area contributed by atoms with Crippen LogP contribution in [0, 0.1) is 5.82 Å². The third-order valence-electron chi connectivity index (χ3n) is 2.26. The molecule has 0 aliphatic carbocycles. The quantitative estimate of drug-likeness (QED) is 0.763. The van der Waals surface area contributed by atoms with Gasteiger partial charge in [0.1, 0.15) is 11.1 Å². The predicted octanol–water partition coefficient (Wildman–Crippen LogP) is 3.76. The van der Waals surface area contributed by atoms with Crippen LogP contribution in [0.4, 0.5) is 4.39 Å². The van der Waals surface area contributed by atoms with E-state index in [1.807, 2.05) is 0 Å². The van der Waals surface area contributed by atoms with Crippen LogP contribution >= 0.6 is 11.6 Å². The van der Waals surface area contributed by atoms with Crippen molar-refractivity contribution < 1.29 is 13.5 Å². The monoisotopic (exact) mass is 240 g/mol. The molecule has 0 saturated heterocycles. The number of methoxy groups -OCH3 is 1. The molecule has 2 nitrogen and oxygen atoms in total. The first-order valence-electron chi connectivity index (χ1n) is 4.73. The zero-order chi connectivity index (χ0) is 11.5. The Morgan fingerprint density at radius 2 is 2.19 bits per heavy atom. The van der Waals surface area contributed by atoms with Gasteiger partial charge in [0.05, 0.1) is 13.4 Å². The largest absolute Gasteiger partial charge is 0.494 e. The summed E-state index contributed by atoms with van der Waals surface area (Å²) in [5, 5.41) is -0.490. The summed E-state index contributed by atoms with van der Waals surface area (Å²) in [6.45, 7) is 0. The van der Waals surface area contributed by atoms with Gasteiger partial charge in [-0.25, -0.2) is 4.39 Å². The van der Waals surface area contributed by atoms with Crippen LogP contribution in [-0.2, 0) is 0 Å². The lowest BCUT2D eigenvalue weighted by atomic mass is 10.1. The zero-order valence-corrected chi connectivity index (χ0v) is 9.37. The summed E-state index contributed by atoms with van der Waals surface area (Å²) in [7, 11) is 1.42. The molecule has 0 saturated carbocycles. The van der Waals surface area contributed by atoms with Gasteiger partial charge in [0.2, 0.25) is 0 Å². The van der Waals surface area contributed by atoms with Crippen molar-refractivity contribution in [3.63, 3.8) is 0 Å². The van der Waals surface area contributed by atoms with Gasteiger partial charge in [-0.1, -0.05) is 6.07 Å². The van der Waals surface area contributed by atoms with Crippen LogP contribution < -0.4 is 4.74 Å². The summed E-state index contributed by atoms with van der Waals surface area (Å²) in [4.78, 5) is 0. The number of hydrogen-bond donors (Lipinski definition) is 0. The molecule has 16 heavy (non-hydrogen) atoms. The highest BCUT2D eigenvalue weighted by molar-refractivity contribution is 6.22. The average molecular weight is 241 g/mol. The number of furan rings is 1. The number of hydrogen-bond acceptors (Lipinski definition) is 2. The van der Waals surface area contributed by atoms with Crippen LogP contribution in [-0.4, -0.2) is 7.11 Å². The number of benzene rings is 1. The molecule has 0 fully saturated rings. The van der Waals surface area contributed by atoms with Gasteiger partial charge >= 0.3 is 0 Å². The second kappa shape index (κ2) is 4.58. The molecule has 2 rings (SSSR count). The summed E-state index contributed by atoms with van der Waals surface area (Å²) in [6.07, 6.45) is 1.53. The van der Waals surface area contributed by atoms with E-state index in [0.29, 0.717) is 11.3 Å². The van der Waals surface area contributed by atoms with Crippen molar-refractivity contribution in [3.05, 3.63) is 53.7 Å². The van der Waals surface area contributed by atoms with Crippen LogP contribution in [0.1, 0.15) is 16.7 Å². The molecular formula is C12H10ClFO2. The minimum atomic E-state index is -0.490. The maximum absolute atomic E-state index is 13.4. The smallest absolute Gasteiger partial charge is 0.165 e. The Morgan fingerprint density at radius 3 is 2.75 bits per heavy atom. The molecule has 0 amide bonds. The molecule has 1 aromatic heterocycles. The number of rotatable bonds is 3. The molecular weight excluding hydrogens is 231 g/mol. The van der Waals surface area contributed by atoms with Crippen LogP contribution in [0.15, 0.2) is 41.0 Å². The fraction of sp³-hybridized carbons (Fsp3) is 0.167. The third kappa shape index (κ3) is 2.04. The van der Waals surface area contributed by atoms with Gasteiger partial charge in [-0.15, -0.1) is 11.6 Å². The molecule has 84 valence electrons. The number of halogens is 2. The van der Waals surface area contributed by atoms with E-state index >= 15 is 0 Å². The maximum atomic E-state index is 13.4. The predicted molar refractivity (Wildman–Crippen MR) is 59.4 cm³/mol.